The lowest BCUT2D eigenvalue weighted by molar-refractivity contribution is -0.0379. The number of rotatable bonds is 2. The molecule has 1 fully saturated rings. The lowest BCUT2D eigenvalue weighted by Gasteiger charge is -2.02. The van der Waals surface area contributed by atoms with Gasteiger partial charge in [0.1, 0.15) is 0 Å². The van der Waals surface area contributed by atoms with E-state index >= 15 is 0 Å². The minimum Gasteiger partial charge on any atom is -0.350 e. The summed E-state index contributed by atoms with van der Waals surface area (Å²) in [7, 11) is 0. The van der Waals surface area contributed by atoms with Crippen molar-refractivity contribution in [3.63, 3.8) is 0 Å². The van der Waals surface area contributed by atoms with Crippen LogP contribution in [0.1, 0.15) is 6.42 Å². The minimum absolute atomic E-state index is 0.00694. The summed E-state index contributed by atoms with van der Waals surface area (Å²) in [5.41, 5.74) is 0. The Morgan fingerprint density at radius 3 is 2.62 bits per heavy atom. The summed E-state index contributed by atoms with van der Waals surface area (Å²) in [4.78, 5) is 0. The highest BCUT2D eigenvalue weighted by Gasteiger charge is 2.12. The van der Waals surface area contributed by atoms with Gasteiger partial charge in [-0.25, -0.2) is 0 Å². The lowest BCUT2D eigenvalue weighted by Crippen LogP contribution is -2.04. The average molecular weight is 115 g/mol. The van der Waals surface area contributed by atoms with Crippen LogP contribution in [0.5, 0.6) is 0 Å². The molecule has 0 atom stereocenters. The predicted molar refractivity (Wildman–Crippen MR) is 30.5 cm³/mol. The van der Waals surface area contributed by atoms with Crippen LogP contribution in [0.2, 0.25) is 0 Å². The molecule has 0 unspecified atom stereocenters. The third-order valence-electron chi connectivity index (χ3n) is 1.05. The van der Waals surface area contributed by atoms with Gasteiger partial charge in [-0.1, -0.05) is 6.08 Å². The second-order valence-corrected chi connectivity index (χ2v) is 1.70. The fourth-order valence-electron chi connectivity index (χ4n) is 0.679. The summed E-state index contributed by atoms with van der Waals surface area (Å²) < 4.78 is 10.2. The van der Waals surface area contributed by atoms with Crippen molar-refractivity contribution in [2.45, 2.75) is 12.7 Å². The van der Waals surface area contributed by atoms with Gasteiger partial charge >= 0.3 is 0 Å². The number of hydrogen-bond donors (Lipinski definition) is 0. The van der Waals surface area contributed by atoms with Gasteiger partial charge < -0.3 is 9.47 Å². The molecule has 0 aromatic heterocycles. The zero-order valence-electron chi connectivity index (χ0n) is 4.80. The van der Waals surface area contributed by atoms with Crippen molar-refractivity contribution in [3.05, 3.63) is 12.7 Å². The fraction of sp³-hybridized carbons (Fsp3) is 0.667. The van der Waals surface area contributed by atoms with Gasteiger partial charge in [-0.15, -0.1) is 6.58 Å². The van der Waals surface area contributed by atoms with E-state index in [0.29, 0.717) is 0 Å². The fourth-order valence-corrected chi connectivity index (χ4v) is 0.679. The molecule has 1 heterocycles. The van der Waals surface area contributed by atoms with Crippen molar-refractivity contribution >= 4 is 0 Å². The Morgan fingerprint density at radius 1 is 1.50 bits per heavy atom. The molecule has 1 rings (SSSR count). The van der Waals surface area contributed by atoms with Crippen molar-refractivity contribution in [1.29, 1.82) is 0 Å². The number of hydrogen-bond acceptors (Lipinski definition) is 2. The standard InChI is InChI=1S/C6H10O2/c1-2-3-6-7-4-5-8-6/h2,6H,1,3-5H2/i6+1. The van der Waals surface area contributed by atoms with Crippen LogP contribution in [0.15, 0.2) is 12.7 Å². The molecule has 1 aliphatic rings. The topological polar surface area (TPSA) is 18.5 Å². The predicted octanol–water partition coefficient (Wildman–Crippen LogP) is 0.935. The van der Waals surface area contributed by atoms with Crippen LogP contribution in [0.3, 0.4) is 0 Å². The first-order valence-corrected chi connectivity index (χ1v) is 2.77. The van der Waals surface area contributed by atoms with Gasteiger partial charge in [0.2, 0.25) is 0 Å². The number of ether oxygens (including phenoxy) is 2. The Morgan fingerprint density at radius 2 is 2.12 bits per heavy atom. The summed E-state index contributed by atoms with van der Waals surface area (Å²) in [6, 6.07) is 0. The Balaban J connectivity index is 2.14. The maximum absolute atomic E-state index is 5.10. The van der Waals surface area contributed by atoms with E-state index in [-0.39, 0.29) is 6.29 Å². The quantitative estimate of drug-likeness (QED) is 0.394. The summed E-state index contributed by atoms with van der Waals surface area (Å²) >= 11 is 0. The zero-order chi connectivity index (χ0) is 5.82. The van der Waals surface area contributed by atoms with E-state index in [9.17, 15) is 0 Å². The molecule has 1 aliphatic heterocycles. The van der Waals surface area contributed by atoms with Gasteiger partial charge in [0.15, 0.2) is 6.29 Å². The van der Waals surface area contributed by atoms with Crippen molar-refractivity contribution < 1.29 is 9.47 Å². The molecule has 0 amide bonds. The molecular formula is C6H10O2. The summed E-state index contributed by atoms with van der Waals surface area (Å²) in [6.45, 7) is 5.03. The summed E-state index contributed by atoms with van der Waals surface area (Å²) in [5, 5.41) is 0. The van der Waals surface area contributed by atoms with Crippen LogP contribution >= 0.6 is 0 Å². The molecule has 1 saturated heterocycles. The zero-order valence-corrected chi connectivity index (χ0v) is 4.80. The van der Waals surface area contributed by atoms with Gasteiger partial charge in [0.25, 0.3) is 0 Å². The maximum atomic E-state index is 5.10. The molecule has 2 nitrogen and oxygen atoms in total. The van der Waals surface area contributed by atoms with Crippen molar-refractivity contribution in [1.82, 2.24) is 0 Å². The second kappa shape index (κ2) is 2.84. The maximum Gasteiger partial charge on any atom is 0.161 e. The molecule has 0 aromatic rings. The minimum atomic E-state index is -0.00694. The molecule has 0 aromatic carbocycles. The first-order chi connectivity index (χ1) is 3.93. The first kappa shape index (κ1) is 5.79. The van der Waals surface area contributed by atoms with Gasteiger partial charge in [0.05, 0.1) is 13.2 Å². The molecule has 0 saturated carbocycles. The molecule has 8 heavy (non-hydrogen) atoms. The van der Waals surface area contributed by atoms with Gasteiger partial charge in [-0.2, -0.15) is 0 Å². The molecule has 0 N–H and O–H groups in total. The van der Waals surface area contributed by atoms with Crippen molar-refractivity contribution in [3.8, 4) is 0 Å². The molecule has 0 bridgehead atoms. The van der Waals surface area contributed by atoms with E-state index in [4.69, 9.17) is 9.47 Å². The molecule has 0 radical (unpaired) electrons. The Labute approximate surface area is 49.1 Å². The summed E-state index contributed by atoms with van der Waals surface area (Å²) in [6.07, 6.45) is 2.60. The highest BCUT2D eigenvalue weighted by atomic mass is 16.8. The Hall–Kier alpha value is -0.340. The third-order valence-corrected chi connectivity index (χ3v) is 1.05. The van der Waals surface area contributed by atoms with Gasteiger partial charge in [-0.3, -0.25) is 0 Å². The van der Waals surface area contributed by atoms with Crippen molar-refractivity contribution in [2.75, 3.05) is 13.2 Å². The molecule has 46 valence electrons. The highest BCUT2D eigenvalue weighted by Crippen LogP contribution is 2.06. The SMILES string of the molecule is C=CC[13CH]1OCCO1. The monoisotopic (exact) mass is 115 g/mol. The second-order valence-electron chi connectivity index (χ2n) is 1.70. The average Bonchev–Trinajstić information content (AvgIpc) is 2.19. The van der Waals surface area contributed by atoms with E-state index in [1.165, 1.54) is 0 Å². The van der Waals surface area contributed by atoms with Crippen LogP contribution in [-0.2, 0) is 9.47 Å². The molecule has 2 heteroatoms. The van der Waals surface area contributed by atoms with Crippen LogP contribution in [-0.4, -0.2) is 19.5 Å². The van der Waals surface area contributed by atoms with Gasteiger partial charge in [0, 0.05) is 6.42 Å². The lowest BCUT2D eigenvalue weighted by atomic mass is 10.6. The molecule has 0 aliphatic carbocycles. The molecular weight excluding hydrogens is 105 g/mol. The summed E-state index contributed by atoms with van der Waals surface area (Å²) in [5.74, 6) is 0. The van der Waals surface area contributed by atoms with E-state index in [1.807, 2.05) is 0 Å². The van der Waals surface area contributed by atoms with Gasteiger partial charge in [-0.05, 0) is 0 Å². The van der Waals surface area contributed by atoms with E-state index in [0.717, 1.165) is 19.6 Å². The normalized spacial score (nSPS) is 21.5. The smallest absolute Gasteiger partial charge is 0.161 e. The Kier molecular flexibility index (Phi) is 2.06. The van der Waals surface area contributed by atoms with Crippen LogP contribution in [0.25, 0.3) is 0 Å². The van der Waals surface area contributed by atoms with Crippen LogP contribution < -0.4 is 0 Å². The Bertz CT molecular complexity index is 74.6. The van der Waals surface area contributed by atoms with Crippen molar-refractivity contribution in [2.24, 2.45) is 0 Å². The van der Waals surface area contributed by atoms with Crippen LogP contribution in [0, 0.1) is 0 Å². The highest BCUT2D eigenvalue weighted by molar-refractivity contribution is 4.69. The van der Waals surface area contributed by atoms with E-state index < -0.39 is 0 Å². The largest absolute Gasteiger partial charge is 0.350 e. The van der Waals surface area contributed by atoms with E-state index in [2.05, 4.69) is 6.58 Å². The molecule has 0 spiro atoms. The first-order valence-electron chi connectivity index (χ1n) is 2.77. The third kappa shape index (κ3) is 1.32. The van der Waals surface area contributed by atoms with E-state index in [1.54, 1.807) is 6.08 Å². The van der Waals surface area contributed by atoms with Crippen LogP contribution in [0.4, 0.5) is 0 Å².